The van der Waals surface area contributed by atoms with Gasteiger partial charge < -0.3 is 0 Å². The van der Waals surface area contributed by atoms with Gasteiger partial charge in [-0.15, -0.1) is 0 Å². The van der Waals surface area contributed by atoms with Crippen molar-refractivity contribution in [2.24, 2.45) is 20.9 Å². The predicted molar refractivity (Wildman–Crippen MR) is 53.3 cm³/mol. The molecule has 0 aromatic rings. The summed E-state index contributed by atoms with van der Waals surface area (Å²) >= 11 is 0. The monoisotopic (exact) mass is 165 g/mol. The molecule has 0 radical (unpaired) electrons. The SMILES string of the molecule is CC(C)C1=NC=NC(C)(C)C=N1. The summed E-state index contributed by atoms with van der Waals surface area (Å²) in [7, 11) is 0. The van der Waals surface area contributed by atoms with Crippen LogP contribution in [-0.2, 0) is 0 Å². The largest absolute Gasteiger partial charge is 0.262 e. The molecule has 3 nitrogen and oxygen atoms in total. The van der Waals surface area contributed by atoms with Gasteiger partial charge in [-0.3, -0.25) is 4.99 Å². The minimum atomic E-state index is -0.208. The summed E-state index contributed by atoms with van der Waals surface area (Å²) in [5.74, 6) is 1.21. The van der Waals surface area contributed by atoms with Crippen molar-refractivity contribution >= 4 is 18.4 Å². The van der Waals surface area contributed by atoms with Crippen LogP contribution < -0.4 is 0 Å². The molecule has 0 spiro atoms. The topological polar surface area (TPSA) is 37.1 Å². The van der Waals surface area contributed by atoms with E-state index < -0.39 is 0 Å². The zero-order valence-corrected chi connectivity index (χ0v) is 8.07. The lowest BCUT2D eigenvalue weighted by atomic mass is 10.1. The van der Waals surface area contributed by atoms with Gasteiger partial charge in [-0.05, 0) is 13.8 Å². The first-order valence-electron chi connectivity index (χ1n) is 4.18. The van der Waals surface area contributed by atoms with E-state index in [4.69, 9.17) is 0 Å². The Morgan fingerprint density at radius 3 is 2.58 bits per heavy atom. The van der Waals surface area contributed by atoms with Gasteiger partial charge in [-0.25, -0.2) is 9.98 Å². The van der Waals surface area contributed by atoms with Crippen LogP contribution in [0.4, 0.5) is 0 Å². The maximum Gasteiger partial charge on any atom is 0.132 e. The van der Waals surface area contributed by atoms with Crippen molar-refractivity contribution in [3.05, 3.63) is 0 Å². The molecule has 0 fully saturated rings. The van der Waals surface area contributed by atoms with Crippen LogP contribution in [0.2, 0.25) is 0 Å². The molecular weight excluding hydrogens is 150 g/mol. The standard InChI is InChI=1S/C9H15N3/c1-7(2)8-10-5-9(3,4)12-6-11-8/h5-7H,1-4H3. The van der Waals surface area contributed by atoms with E-state index in [1.54, 1.807) is 6.34 Å². The fourth-order valence-corrected chi connectivity index (χ4v) is 0.826. The molecule has 3 heteroatoms. The molecule has 0 aromatic carbocycles. The number of rotatable bonds is 1. The van der Waals surface area contributed by atoms with Crippen molar-refractivity contribution in [1.29, 1.82) is 0 Å². The lowest BCUT2D eigenvalue weighted by Gasteiger charge is -2.09. The second-order valence-corrected chi connectivity index (χ2v) is 3.80. The second kappa shape index (κ2) is 3.17. The van der Waals surface area contributed by atoms with Crippen molar-refractivity contribution in [3.8, 4) is 0 Å². The molecular formula is C9H15N3. The highest BCUT2D eigenvalue weighted by molar-refractivity contribution is 5.98. The lowest BCUT2D eigenvalue weighted by molar-refractivity contribution is 0.722. The van der Waals surface area contributed by atoms with E-state index in [0.717, 1.165) is 5.84 Å². The summed E-state index contributed by atoms with van der Waals surface area (Å²) in [5, 5.41) is 0. The summed E-state index contributed by atoms with van der Waals surface area (Å²) < 4.78 is 0. The van der Waals surface area contributed by atoms with Crippen molar-refractivity contribution < 1.29 is 0 Å². The van der Waals surface area contributed by atoms with Crippen molar-refractivity contribution in [1.82, 2.24) is 0 Å². The summed E-state index contributed by atoms with van der Waals surface area (Å²) in [6.45, 7) is 8.15. The van der Waals surface area contributed by atoms with Crippen LogP contribution in [0.5, 0.6) is 0 Å². The van der Waals surface area contributed by atoms with Crippen LogP contribution in [0, 0.1) is 5.92 Å². The Hall–Kier alpha value is -0.990. The maximum absolute atomic E-state index is 4.28. The first-order chi connectivity index (χ1) is 5.51. The normalized spacial score (nSPS) is 20.9. The fraction of sp³-hybridized carbons (Fsp3) is 0.667. The van der Waals surface area contributed by atoms with Crippen molar-refractivity contribution in [2.45, 2.75) is 33.2 Å². The molecule has 0 saturated heterocycles. The third kappa shape index (κ3) is 2.26. The zero-order chi connectivity index (χ0) is 9.19. The highest BCUT2D eigenvalue weighted by Crippen LogP contribution is 2.09. The van der Waals surface area contributed by atoms with E-state index in [0.29, 0.717) is 5.92 Å². The molecule has 0 bridgehead atoms. The van der Waals surface area contributed by atoms with Crippen LogP contribution >= 0.6 is 0 Å². The molecule has 0 aliphatic carbocycles. The van der Waals surface area contributed by atoms with Gasteiger partial charge in [0.2, 0.25) is 0 Å². The molecule has 0 N–H and O–H groups in total. The summed E-state index contributed by atoms with van der Waals surface area (Å²) in [5.41, 5.74) is -0.208. The minimum Gasteiger partial charge on any atom is -0.262 e. The number of hydrogen-bond acceptors (Lipinski definition) is 3. The summed E-state index contributed by atoms with van der Waals surface area (Å²) in [6.07, 6.45) is 3.44. The minimum absolute atomic E-state index is 0.208. The van der Waals surface area contributed by atoms with E-state index in [1.807, 2.05) is 20.1 Å². The molecule has 0 saturated carbocycles. The Kier molecular flexibility index (Phi) is 2.40. The van der Waals surface area contributed by atoms with Gasteiger partial charge in [0.25, 0.3) is 0 Å². The van der Waals surface area contributed by atoms with Crippen LogP contribution in [0.25, 0.3) is 0 Å². The number of amidine groups is 1. The van der Waals surface area contributed by atoms with Gasteiger partial charge in [0, 0.05) is 12.1 Å². The third-order valence-corrected chi connectivity index (χ3v) is 1.61. The average molecular weight is 165 g/mol. The Morgan fingerprint density at radius 1 is 1.33 bits per heavy atom. The predicted octanol–water partition coefficient (Wildman–Crippen LogP) is 1.93. The van der Waals surface area contributed by atoms with Crippen LogP contribution in [0.1, 0.15) is 27.7 Å². The molecule has 1 heterocycles. The fourth-order valence-electron chi connectivity index (χ4n) is 0.826. The third-order valence-electron chi connectivity index (χ3n) is 1.61. The van der Waals surface area contributed by atoms with E-state index >= 15 is 0 Å². The average Bonchev–Trinajstić information content (AvgIpc) is 2.10. The summed E-state index contributed by atoms with van der Waals surface area (Å²) in [6, 6.07) is 0. The zero-order valence-electron chi connectivity index (χ0n) is 8.07. The van der Waals surface area contributed by atoms with Gasteiger partial charge in [0.1, 0.15) is 12.2 Å². The van der Waals surface area contributed by atoms with Crippen molar-refractivity contribution in [2.75, 3.05) is 0 Å². The Labute approximate surface area is 73.3 Å². The maximum atomic E-state index is 4.28. The van der Waals surface area contributed by atoms with Gasteiger partial charge in [-0.1, -0.05) is 13.8 Å². The Balaban J connectivity index is 2.86. The molecule has 1 aliphatic rings. The highest BCUT2D eigenvalue weighted by Gasteiger charge is 2.14. The first kappa shape index (κ1) is 9.10. The van der Waals surface area contributed by atoms with Crippen LogP contribution in [0.3, 0.4) is 0 Å². The molecule has 0 unspecified atom stereocenters. The van der Waals surface area contributed by atoms with E-state index in [9.17, 15) is 0 Å². The van der Waals surface area contributed by atoms with Crippen LogP contribution in [-0.4, -0.2) is 23.9 Å². The number of hydrogen-bond donors (Lipinski definition) is 0. The highest BCUT2D eigenvalue weighted by atomic mass is 15.0. The first-order valence-corrected chi connectivity index (χ1v) is 4.18. The second-order valence-electron chi connectivity index (χ2n) is 3.80. The van der Waals surface area contributed by atoms with Gasteiger partial charge in [0.15, 0.2) is 0 Å². The van der Waals surface area contributed by atoms with Gasteiger partial charge in [-0.2, -0.15) is 0 Å². The van der Waals surface area contributed by atoms with Gasteiger partial charge >= 0.3 is 0 Å². The molecule has 0 aromatic heterocycles. The summed E-state index contributed by atoms with van der Waals surface area (Å²) in [4.78, 5) is 12.6. The molecule has 12 heavy (non-hydrogen) atoms. The number of nitrogens with zero attached hydrogens (tertiary/aromatic N) is 3. The van der Waals surface area contributed by atoms with Crippen LogP contribution in [0.15, 0.2) is 15.0 Å². The van der Waals surface area contributed by atoms with Gasteiger partial charge in [0.05, 0.1) is 5.54 Å². The quantitative estimate of drug-likeness (QED) is 0.569. The lowest BCUT2D eigenvalue weighted by Crippen LogP contribution is -2.18. The Morgan fingerprint density at radius 2 is 2.00 bits per heavy atom. The number of aliphatic imine (C=N–C) groups is 3. The van der Waals surface area contributed by atoms with Crippen molar-refractivity contribution in [3.63, 3.8) is 0 Å². The molecule has 1 aliphatic heterocycles. The molecule has 0 amide bonds. The smallest absolute Gasteiger partial charge is 0.132 e. The molecule has 0 atom stereocenters. The molecule has 1 rings (SSSR count). The molecule has 66 valence electrons. The van der Waals surface area contributed by atoms with E-state index in [1.165, 1.54) is 0 Å². The Bertz CT molecular complexity index is 246. The van der Waals surface area contributed by atoms with E-state index in [2.05, 4.69) is 28.8 Å². The van der Waals surface area contributed by atoms with E-state index in [-0.39, 0.29) is 5.54 Å².